The van der Waals surface area contributed by atoms with Crippen LogP contribution in [0.5, 0.6) is 0 Å². The highest BCUT2D eigenvalue weighted by atomic mass is 79.9. The third kappa shape index (κ3) is 9.45. The largest absolute Gasteiger partial charge is 0.871 e. The van der Waals surface area contributed by atoms with Crippen molar-refractivity contribution in [1.29, 1.82) is 0 Å². The van der Waals surface area contributed by atoms with Gasteiger partial charge < -0.3 is 14.7 Å². The van der Waals surface area contributed by atoms with Gasteiger partial charge >= 0.3 is 5.97 Å². The van der Waals surface area contributed by atoms with Gasteiger partial charge in [0.2, 0.25) is 0 Å². The second kappa shape index (κ2) is 5.16. The Balaban J connectivity index is 0. The van der Waals surface area contributed by atoms with E-state index in [0.717, 1.165) is 0 Å². The number of carboxylic acid groups (broad SMARTS) is 1. The molecule has 0 amide bonds. The Labute approximate surface area is 82.5 Å². The average molecular weight is 240 g/mol. The number of likely N-dealkylation sites (N-methyl/N-ethyl adjacent to an activating group) is 1. The molecule has 0 saturated heterocycles. The zero-order valence-electron chi connectivity index (χ0n) is 7.40. The van der Waals surface area contributed by atoms with Gasteiger partial charge in [-0.2, -0.15) is 0 Å². The van der Waals surface area contributed by atoms with Crippen LogP contribution in [0.3, 0.4) is 0 Å². The summed E-state index contributed by atoms with van der Waals surface area (Å²) < 4.78 is 0.447. The van der Waals surface area contributed by atoms with Crippen LogP contribution < -0.4 is 5.11 Å². The van der Waals surface area contributed by atoms with Crippen molar-refractivity contribution in [2.45, 2.75) is 0 Å². The molecule has 0 rings (SSSR count). The minimum atomic E-state index is -1.18. The predicted molar refractivity (Wildman–Crippen MR) is 48.9 cm³/mol. The van der Waals surface area contributed by atoms with E-state index in [1.54, 1.807) is 0 Å². The first-order valence-corrected chi connectivity index (χ1v) is 3.22. The van der Waals surface area contributed by atoms with E-state index in [1.807, 2.05) is 21.1 Å². The van der Waals surface area contributed by atoms with Crippen LogP contribution >= 0.6 is 17.0 Å². The van der Waals surface area contributed by atoms with Gasteiger partial charge in [-0.05, 0) is 0 Å². The first-order chi connectivity index (χ1) is 4.81. The normalized spacial score (nSPS) is 12.1. The Hall–Kier alpha value is -0.550. The molecule has 0 unspecified atom stereocenters. The quantitative estimate of drug-likeness (QED) is 0.415. The maximum Gasteiger partial charge on any atom is 0.327 e. The van der Waals surface area contributed by atoms with Crippen LogP contribution in [0.15, 0.2) is 11.8 Å². The number of carbonyl (C=O) groups is 1. The van der Waals surface area contributed by atoms with Crippen molar-refractivity contribution < 1.29 is 19.5 Å². The predicted octanol–water partition coefficient (Wildman–Crippen LogP) is -0.401. The number of hydrogen-bond donors (Lipinski definition) is 1. The van der Waals surface area contributed by atoms with Gasteiger partial charge in [-0.25, -0.2) is 4.79 Å². The van der Waals surface area contributed by atoms with E-state index < -0.39 is 5.97 Å². The van der Waals surface area contributed by atoms with E-state index >= 15 is 0 Å². The molecule has 12 heavy (non-hydrogen) atoms. The highest BCUT2D eigenvalue weighted by Gasteiger charge is 2.04. The van der Waals surface area contributed by atoms with Crippen molar-refractivity contribution in [3.05, 3.63) is 11.8 Å². The molecule has 5 heteroatoms. The van der Waals surface area contributed by atoms with Crippen LogP contribution in [-0.4, -0.2) is 43.2 Å². The molecule has 1 N–H and O–H groups in total. The second-order valence-electron chi connectivity index (χ2n) is 3.40. The lowest BCUT2D eigenvalue weighted by molar-refractivity contribution is -0.870. The van der Waals surface area contributed by atoms with Crippen LogP contribution in [0.25, 0.3) is 0 Å². The number of rotatable bonds is 3. The zero-order valence-corrected chi connectivity index (χ0v) is 9.12. The van der Waals surface area contributed by atoms with Gasteiger partial charge in [-0.3, -0.25) is 0 Å². The van der Waals surface area contributed by atoms with E-state index in [1.165, 1.54) is 0 Å². The average Bonchev–Trinajstić information content (AvgIpc) is 1.53. The number of aliphatic carboxylic acids is 1. The Morgan fingerprint density at radius 1 is 1.50 bits per heavy atom. The van der Waals surface area contributed by atoms with Gasteiger partial charge in [0.05, 0.1) is 27.7 Å². The Bertz CT molecular complexity index is 184. The summed E-state index contributed by atoms with van der Waals surface area (Å²) in [5.41, 5.74) is 0. The van der Waals surface area contributed by atoms with Crippen LogP contribution in [-0.2, 0) is 4.79 Å². The molecular formula is C7H14BrNO3. The molecule has 0 heterocycles. The van der Waals surface area contributed by atoms with Crippen LogP contribution in [0.1, 0.15) is 0 Å². The summed E-state index contributed by atoms with van der Waals surface area (Å²) in [5.74, 6) is -1.53. The van der Waals surface area contributed by atoms with Crippen LogP contribution in [0, 0.1) is 0 Å². The number of quaternary nitrogens is 1. The number of nitrogens with zero attached hydrogens (tertiary/aromatic N) is 1. The monoisotopic (exact) mass is 239 g/mol. The first kappa shape index (κ1) is 14.0. The summed E-state index contributed by atoms with van der Waals surface area (Å²) in [6.45, 7) is 0.215. The fourth-order valence-corrected chi connectivity index (χ4v) is 0.651. The number of hydrogen-bond acceptors (Lipinski definition) is 2. The Kier molecular flexibility index (Phi) is 6.02. The summed E-state index contributed by atoms with van der Waals surface area (Å²) in [5, 5.41) is 19.0. The van der Waals surface area contributed by atoms with E-state index in [4.69, 9.17) is 5.11 Å². The van der Waals surface area contributed by atoms with Gasteiger partial charge in [0, 0.05) is 6.08 Å². The molecule has 0 aliphatic rings. The molecule has 0 spiro atoms. The summed E-state index contributed by atoms with van der Waals surface area (Å²) in [4.78, 5) is 10.0. The van der Waals surface area contributed by atoms with Gasteiger partial charge in [0.25, 0.3) is 0 Å². The maximum atomic E-state index is 10.8. The molecule has 0 aromatic carbocycles. The highest BCUT2D eigenvalue weighted by molar-refractivity contribution is 8.93. The molecule has 0 fully saturated rings. The fourth-order valence-electron chi connectivity index (χ4n) is 0.651. The van der Waals surface area contributed by atoms with Gasteiger partial charge in [-0.1, -0.05) is 5.76 Å². The molecule has 0 bridgehead atoms. The lowest BCUT2D eigenvalue weighted by Gasteiger charge is -2.27. The van der Waals surface area contributed by atoms with Gasteiger partial charge in [0.15, 0.2) is 0 Å². The maximum absolute atomic E-state index is 10.8. The third-order valence-corrected chi connectivity index (χ3v) is 0.915. The molecule has 0 atom stereocenters. The summed E-state index contributed by atoms with van der Waals surface area (Å²) in [7, 11) is 5.48. The smallest absolute Gasteiger partial charge is 0.327 e. The van der Waals surface area contributed by atoms with E-state index in [9.17, 15) is 9.90 Å². The zero-order chi connectivity index (χ0) is 9.07. The topological polar surface area (TPSA) is 60.4 Å². The van der Waals surface area contributed by atoms with Crippen LogP contribution in [0.2, 0.25) is 0 Å². The lowest BCUT2D eigenvalue weighted by atomic mass is 10.4. The SMILES string of the molecule is Br.C[N+](C)(C)C/C([O-])=C/C(=O)O. The van der Waals surface area contributed by atoms with Crippen molar-refractivity contribution in [3.8, 4) is 0 Å². The van der Waals surface area contributed by atoms with E-state index in [0.29, 0.717) is 10.6 Å². The van der Waals surface area contributed by atoms with Crippen molar-refractivity contribution >= 4 is 23.0 Å². The van der Waals surface area contributed by atoms with Crippen molar-refractivity contribution in [2.75, 3.05) is 27.7 Å². The number of halogens is 1. The summed E-state index contributed by atoms with van der Waals surface area (Å²) in [6, 6.07) is 0. The van der Waals surface area contributed by atoms with Gasteiger partial charge in [0.1, 0.15) is 0 Å². The second-order valence-corrected chi connectivity index (χ2v) is 3.40. The van der Waals surface area contributed by atoms with Crippen molar-refractivity contribution in [1.82, 2.24) is 0 Å². The summed E-state index contributed by atoms with van der Waals surface area (Å²) in [6.07, 6.45) is 0.698. The molecule has 0 aromatic heterocycles. The van der Waals surface area contributed by atoms with Crippen molar-refractivity contribution in [3.63, 3.8) is 0 Å². The molecule has 72 valence electrons. The van der Waals surface area contributed by atoms with E-state index in [2.05, 4.69) is 0 Å². The Morgan fingerprint density at radius 2 is 1.92 bits per heavy atom. The lowest BCUT2D eigenvalue weighted by Crippen LogP contribution is -2.39. The third-order valence-electron chi connectivity index (χ3n) is 0.915. The minimum Gasteiger partial charge on any atom is -0.871 e. The molecule has 0 radical (unpaired) electrons. The molecule has 0 aliphatic heterocycles. The van der Waals surface area contributed by atoms with E-state index in [-0.39, 0.29) is 29.3 Å². The van der Waals surface area contributed by atoms with Gasteiger partial charge in [-0.15, -0.1) is 17.0 Å². The molecular weight excluding hydrogens is 226 g/mol. The highest BCUT2D eigenvalue weighted by Crippen LogP contribution is 1.94. The molecule has 0 saturated carbocycles. The molecule has 4 nitrogen and oxygen atoms in total. The fraction of sp³-hybridized carbons (Fsp3) is 0.571. The van der Waals surface area contributed by atoms with Crippen LogP contribution in [0.4, 0.5) is 0 Å². The standard InChI is InChI=1S/C7H13NO3.BrH/c1-8(2,3)5-6(9)4-7(10)11;/h4H,5H2,1-3H3,(H-,9,10,11);1H/b6-4-;. The first-order valence-electron chi connectivity index (χ1n) is 3.22. The number of carboxylic acids is 1. The summed E-state index contributed by atoms with van der Waals surface area (Å²) >= 11 is 0. The molecule has 0 aromatic rings. The van der Waals surface area contributed by atoms with Crippen molar-refractivity contribution in [2.24, 2.45) is 0 Å². The Morgan fingerprint density at radius 3 is 2.17 bits per heavy atom. The molecule has 0 aliphatic carbocycles. The minimum absolute atomic E-state index is 0.